The van der Waals surface area contributed by atoms with E-state index in [1.165, 1.54) is 12.1 Å². The number of benzene rings is 1. The number of ether oxygens (including phenoxy) is 1. The summed E-state index contributed by atoms with van der Waals surface area (Å²) < 4.78 is 46.8. The Morgan fingerprint density at radius 1 is 1.15 bits per heavy atom. The van der Waals surface area contributed by atoms with Crippen LogP contribution in [-0.2, 0) is 17.7 Å². The van der Waals surface area contributed by atoms with E-state index in [2.05, 4.69) is 11.2 Å². The second-order valence-electron chi connectivity index (χ2n) is 12.0. The molecule has 0 atom stereocenters. The number of halogens is 3. The van der Waals surface area contributed by atoms with Crippen molar-refractivity contribution in [3.8, 4) is 17.3 Å². The molecule has 1 aliphatic carbocycles. The summed E-state index contributed by atoms with van der Waals surface area (Å²) >= 11 is 0. The fraction of sp³-hybridized carbons (Fsp3) is 0.500. The second kappa shape index (κ2) is 9.57. The number of amides is 1. The van der Waals surface area contributed by atoms with Gasteiger partial charge in [0.2, 0.25) is 0 Å². The summed E-state index contributed by atoms with van der Waals surface area (Å²) in [6, 6.07) is 8.45. The molecular weight excluding hydrogens is 523 g/mol. The Morgan fingerprint density at radius 3 is 2.35 bits per heavy atom. The Bertz CT molecular complexity index is 1460. The molecule has 9 nitrogen and oxygen atoms in total. The number of nitrogens with zero attached hydrogens (tertiary/aromatic N) is 6. The van der Waals surface area contributed by atoms with Crippen LogP contribution in [0.4, 0.5) is 23.8 Å². The van der Waals surface area contributed by atoms with E-state index in [0.29, 0.717) is 42.4 Å². The summed E-state index contributed by atoms with van der Waals surface area (Å²) in [5.41, 5.74) is 8.92. The van der Waals surface area contributed by atoms with Crippen molar-refractivity contribution in [2.45, 2.75) is 71.3 Å². The van der Waals surface area contributed by atoms with Gasteiger partial charge in [-0.1, -0.05) is 24.3 Å². The molecule has 12 heteroatoms. The number of alkyl halides is 3. The van der Waals surface area contributed by atoms with Crippen LogP contribution in [0.3, 0.4) is 0 Å². The van der Waals surface area contributed by atoms with E-state index in [-0.39, 0.29) is 28.7 Å². The molecule has 1 aromatic carbocycles. The summed E-state index contributed by atoms with van der Waals surface area (Å²) in [7, 11) is 0. The summed E-state index contributed by atoms with van der Waals surface area (Å²) in [4.78, 5) is 14.0. The molecule has 5 rings (SSSR count). The van der Waals surface area contributed by atoms with Gasteiger partial charge in [-0.05, 0) is 51.7 Å². The van der Waals surface area contributed by atoms with Crippen LogP contribution in [-0.4, -0.2) is 55.4 Å². The lowest BCUT2D eigenvalue weighted by atomic mass is 9.61. The molecule has 1 amide bonds. The lowest BCUT2D eigenvalue weighted by Gasteiger charge is -2.58. The molecule has 2 aliphatic rings. The molecule has 0 bridgehead atoms. The first-order chi connectivity index (χ1) is 18.7. The minimum atomic E-state index is -4.25. The number of nitrogen functional groups attached to an aromatic ring is 1. The molecule has 0 radical (unpaired) electrons. The van der Waals surface area contributed by atoms with Gasteiger partial charge in [0.05, 0.1) is 24.7 Å². The van der Waals surface area contributed by atoms with Crippen molar-refractivity contribution in [2.24, 2.45) is 5.41 Å². The van der Waals surface area contributed by atoms with Crippen molar-refractivity contribution < 1.29 is 22.7 Å². The number of anilines is 1. The minimum Gasteiger partial charge on any atom is -0.444 e. The van der Waals surface area contributed by atoms with Crippen molar-refractivity contribution in [2.75, 3.05) is 18.8 Å². The highest BCUT2D eigenvalue weighted by Gasteiger charge is 2.55. The number of nitrogens with two attached hydrogens (primary N) is 1. The maximum Gasteiger partial charge on any atom is 0.410 e. The molecule has 1 aliphatic heterocycles. The normalized spacial score (nSPS) is 16.9. The van der Waals surface area contributed by atoms with E-state index in [9.17, 15) is 23.2 Å². The zero-order valence-electron chi connectivity index (χ0n) is 22.9. The fourth-order valence-corrected chi connectivity index (χ4v) is 5.63. The van der Waals surface area contributed by atoms with Crippen LogP contribution >= 0.6 is 0 Å². The quantitative estimate of drug-likeness (QED) is 0.461. The number of aromatic nitrogens is 4. The van der Waals surface area contributed by atoms with E-state index in [1.54, 1.807) is 32.6 Å². The number of hydrogen-bond donors (Lipinski definition) is 1. The maximum atomic E-state index is 12.6. The molecule has 2 N–H and O–H groups in total. The number of aryl methyl sites for hydroxylation is 1. The number of nitriles is 1. The van der Waals surface area contributed by atoms with Crippen LogP contribution in [0.15, 0.2) is 30.5 Å². The van der Waals surface area contributed by atoms with Gasteiger partial charge in [-0.25, -0.2) is 9.48 Å². The number of rotatable bonds is 5. The average molecular weight is 556 g/mol. The van der Waals surface area contributed by atoms with Gasteiger partial charge in [0.25, 0.3) is 0 Å². The molecule has 2 aromatic heterocycles. The molecule has 3 heterocycles. The lowest BCUT2D eigenvalue weighted by molar-refractivity contribution is -0.127. The molecule has 2 fully saturated rings. The van der Waals surface area contributed by atoms with Crippen molar-refractivity contribution in [3.05, 3.63) is 52.8 Å². The van der Waals surface area contributed by atoms with Gasteiger partial charge in [0.15, 0.2) is 0 Å². The Kier molecular flexibility index (Phi) is 6.59. The van der Waals surface area contributed by atoms with Crippen LogP contribution in [0.2, 0.25) is 0 Å². The SMILES string of the molecule is Cc1nn(Cc2ccc(CC(F)(F)F)cc2)cc1-c1nn(C2CC3(C2)CN(C(=O)OC(C)(C)C)C3)c(N)c1C#N. The number of carbonyl (C=O) groups is 1. The first-order valence-electron chi connectivity index (χ1n) is 13.1. The lowest BCUT2D eigenvalue weighted by Crippen LogP contribution is -2.64. The van der Waals surface area contributed by atoms with Crippen LogP contribution in [0.1, 0.15) is 62.0 Å². The summed E-state index contributed by atoms with van der Waals surface area (Å²) in [5.74, 6) is 0.299. The zero-order chi connectivity index (χ0) is 29.0. The van der Waals surface area contributed by atoms with Crippen LogP contribution < -0.4 is 5.73 Å². The third kappa shape index (κ3) is 5.50. The second-order valence-corrected chi connectivity index (χ2v) is 12.0. The Balaban J connectivity index is 1.27. The zero-order valence-corrected chi connectivity index (χ0v) is 22.9. The fourth-order valence-electron chi connectivity index (χ4n) is 5.63. The monoisotopic (exact) mass is 555 g/mol. The predicted molar refractivity (Wildman–Crippen MR) is 141 cm³/mol. The van der Waals surface area contributed by atoms with E-state index in [1.807, 2.05) is 27.7 Å². The van der Waals surface area contributed by atoms with E-state index in [4.69, 9.17) is 15.6 Å². The summed E-state index contributed by atoms with van der Waals surface area (Å²) in [6.45, 7) is 8.94. The first kappa shape index (κ1) is 27.6. The molecule has 1 saturated carbocycles. The van der Waals surface area contributed by atoms with Crippen LogP contribution in [0.5, 0.6) is 0 Å². The van der Waals surface area contributed by atoms with Crippen LogP contribution in [0.25, 0.3) is 11.3 Å². The van der Waals surface area contributed by atoms with Gasteiger partial charge < -0.3 is 15.4 Å². The molecule has 1 spiro atoms. The van der Waals surface area contributed by atoms with Crippen molar-refractivity contribution in [1.82, 2.24) is 24.5 Å². The summed E-state index contributed by atoms with van der Waals surface area (Å²) in [5, 5.41) is 19.2. The van der Waals surface area contributed by atoms with Crippen molar-refractivity contribution in [1.29, 1.82) is 5.26 Å². The number of likely N-dealkylation sites (tertiary alicyclic amines) is 1. The largest absolute Gasteiger partial charge is 0.444 e. The first-order valence-corrected chi connectivity index (χ1v) is 13.1. The Labute approximate surface area is 230 Å². The van der Waals surface area contributed by atoms with Gasteiger partial charge in [-0.3, -0.25) is 4.68 Å². The molecular formula is C28H32F3N7O2. The summed E-state index contributed by atoms with van der Waals surface area (Å²) in [6.07, 6.45) is -2.16. The average Bonchev–Trinajstić information content (AvgIpc) is 3.29. The molecule has 0 unspecified atom stereocenters. The smallest absolute Gasteiger partial charge is 0.410 e. The molecule has 3 aromatic rings. The van der Waals surface area contributed by atoms with Gasteiger partial charge in [0, 0.05) is 30.3 Å². The van der Waals surface area contributed by atoms with E-state index >= 15 is 0 Å². The molecule has 212 valence electrons. The topological polar surface area (TPSA) is 115 Å². The van der Waals surface area contributed by atoms with Gasteiger partial charge in [-0.2, -0.15) is 28.6 Å². The van der Waals surface area contributed by atoms with Crippen LogP contribution in [0, 0.1) is 23.7 Å². The standard InChI is InChI=1S/C28H32F3N7O2/c1-17-22(14-37(34-17)13-19-7-5-18(6-8-19)9-28(29,30)31)23-21(12-32)24(33)38(35-23)20-10-27(11-20)15-36(16-27)25(39)40-26(2,3)4/h5-8,14,20H,9-11,13,15-16,33H2,1-4H3. The van der Waals surface area contributed by atoms with Crippen molar-refractivity contribution in [3.63, 3.8) is 0 Å². The number of hydrogen-bond acceptors (Lipinski definition) is 6. The predicted octanol–water partition coefficient (Wildman–Crippen LogP) is 5.23. The Morgan fingerprint density at radius 2 is 1.77 bits per heavy atom. The minimum absolute atomic E-state index is 0.0172. The highest BCUT2D eigenvalue weighted by molar-refractivity contribution is 5.74. The van der Waals surface area contributed by atoms with Crippen molar-refractivity contribution >= 4 is 11.9 Å². The highest BCUT2D eigenvalue weighted by Crippen LogP contribution is 2.55. The van der Waals surface area contributed by atoms with Gasteiger partial charge in [0.1, 0.15) is 28.7 Å². The third-order valence-electron chi connectivity index (χ3n) is 7.42. The van der Waals surface area contributed by atoms with E-state index < -0.39 is 18.2 Å². The third-order valence-corrected chi connectivity index (χ3v) is 7.42. The Hall–Kier alpha value is -4.01. The number of carbonyl (C=O) groups excluding carboxylic acids is 1. The highest BCUT2D eigenvalue weighted by atomic mass is 19.4. The van der Waals surface area contributed by atoms with E-state index in [0.717, 1.165) is 18.4 Å². The molecule has 40 heavy (non-hydrogen) atoms. The van der Waals surface area contributed by atoms with Gasteiger partial charge >= 0.3 is 12.3 Å². The molecule has 1 saturated heterocycles. The maximum absolute atomic E-state index is 12.6. The van der Waals surface area contributed by atoms with Gasteiger partial charge in [-0.15, -0.1) is 0 Å².